The van der Waals surface area contributed by atoms with Crippen LogP contribution in [0.25, 0.3) is 0 Å². The van der Waals surface area contributed by atoms with Crippen LogP contribution in [0.4, 0.5) is 0 Å². The quantitative estimate of drug-likeness (QED) is 0.0222. The lowest BCUT2D eigenvalue weighted by molar-refractivity contribution is -0.161. The summed E-state index contributed by atoms with van der Waals surface area (Å²) in [5.41, 5.74) is 0. The van der Waals surface area contributed by atoms with E-state index in [0.717, 1.165) is 114 Å². The molecule has 0 radical (unpaired) electrons. The largest absolute Gasteiger partial charge is 0.472 e. The molecule has 0 saturated carbocycles. The van der Waals surface area contributed by atoms with E-state index < -0.39 is 97.5 Å². The van der Waals surface area contributed by atoms with Crippen LogP contribution in [0.2, 0.25) is 0 Å². The predicted octanol–water partition coefficient (Wildman–Crippen LogP) is 24.0. The third kappa shape index (κ3) is 73.0. The highest BCUT2D eigenvalue weighted by Gasteiger charge is 2.30. The van der Waals surface area contributed by atoms with Crippen molar-refractivity contribution < 1.29 is 80.2 Å². The normalized spacial score (nSPS) is 14.3. The van der Waals surface area contributed by atoms with Crippen LogP contribution in [0.5, 0.6) is 0 Å². The second kappa shape index (κ2) is 70.1. The molecule has 100 heavy (non-hydrogen) atoms. The molecule has 0 saturated heterocycles. The third-order valence-corrected chi connectivity index (χ3v) is 21.1. The number of carbonyl (C=O) groups is 4. The van der Waals surface area contributed by atoms with E-state index in [1.165, 1.54) is 212 Å². The van der Waals surface area contributed by atoms with E-state index in [1.807, 2.05) is 0 Å². The summed E-state index contributed by atoms with van der Waals surface area (Å²) in [5.74, 6) is 1.01. The predicted molar refractivity (Wildman–Crippen MR) is 409 cm³/mol. The van der Waals surface area contributed by atoms with Crippen molar-refractivity contribution in [3.63, 3.8) is 0 Å². The molecule has 3 N–H and O–H groups in total. The highest BCUT2D eigenvalue weighted by Crippen LogP contribution is 2.45. The molecule has 4 unspecified atom stereocenters. The molecule has 594 valence electrons. The number of esters is 4. The van der Waals surface area contributed by atoms with Gasteiger partial charge in [0.2, 0.25) is 0 Å². The highest BCUT2D eigenvalue weighted by atomic mass is 31.2. The van der Waals surface area contributed by atoms with Crippen molar-refractivity contribution in [3.05, 3.63) is 0 Å². The first-order valence-corrected chi connectivity index (χ1v) is 44.7. The van der Waals surface area contributed by atoms with Gasteiger partial charge >= 0.3 is 39.5 Å². The lowest BCUT2D eigenvalue weighted by Crippen LogP contribution is -2.30. The summed E-state index contributed by atoms with van der Waals surface area (Å²) in [6.45, 7) is 14.3. The zero-order valence-corrected chi connectivity index (χ0v) is 67.6. The van der Waals surface area contributed by atoms with Gasteiger partial charge in [0.05, 0.1) is 26.4 Å². The lowest BCUT2D eigenvalue weighted by Gasteiger charge is -2.21. The molecule has 0 aromatic heterocycles. The first-order valence-electron chi connectivity index (χ1n) is 41.7. The Kier molecular flexibility index (Phi) is 68.7. The van der Waals surface area contributed by atoms with Gasteiger partial charge in [-0.25, -0.2) is 9.13 Å². The van der Waals surface area contributed by atoms with Crippen molar-refractivity contribution in [2.45, 2.75) is 433 Å². The van der Waals surface area contributed by atoms with Crippen LogP contribution in [0.15, 0.2) is 0 Å². The van der Waals surface area contributed by atoms with Crippen molar-refractivity contribution in [1.29, 1.82) is 0 Å². The summed E-state index contributed by atoms with van der Waals surface area (Å²) in [4.78, 5) is 73.0. The van der Waals surface area contributed by atoms with Crippen LogP contribution in [0.1, 0.15) is 415 Å². The van der Waals surface area contributed by atoms with Gasteiger partial charge in [0.25, 0.3) is 0 Å². The van der Waals surface area contributed by atoms with E-state index >= 15 is 0 Å². The number of phosphoric acid groups is 2. The molecule has 17 nitrogen and oxygen atoms in total. The Bertz CT molecular complexity index is 1960. The van der Waals surface area contributed by atoms with E-state index in [-0.39, 0.29) is 25.7 Å². The number of ether oxygens (including phenoxy) is 4. The smallest absolute Gasteiger partial charge is 0.462 e. The number of phosphoric ester groups is 2. The van der Waals surface area contributed by atoms with E-state index in [9.17, 15) is 43.2 Å². The SMILES string of the molecule is CCC(C)CCCCCCCCCCCCCCCCC(=O)O[C@H](COC(=O)CCCCCCCCCC(C)C)COP(=O)(O)OCC(O)COP(=O)(O)OC[C@@H](COC(=O)CCCCCCCCCCCCCCCCC(C)C)OC(=O)CCCCCCCCCCCCCCC(C)C. The molecule has 0 heterocycles. The zero-order valence-electron chi connectivity index (χ0n) is 65.8. The van der Waals surface area contributed by atoms with Gasteiger partial charge in [-0.15, -0.1) is 0 Å². The van der Waals surface area contributed by atoms with Crippen LogP contribution in [0, 0.1) is 23.7 Å². The maximum Gasteiger partial charge on any atom is 0.472 e. The summed E-state index contributed by atoms with van der Waals surface area (Å²) in [5, 5.41) is 10.6. The Hall–Kier alpha value is -1.94. The average Bonchev–Trinajstić information content (AvgIpc) is 0.920. The Morgan fingerprint density at radius 3 is 0.710 bits per heavy atom. The molecular weight excluding hydrogens is 1310 g/mol. The van der Waals surface area contributed by atoms with Gasteiger partial charge in [-0.2, -0.15) is 0 Å². The Morgan fingerprint density at radius 1 is 0.280 bits per heavy atom. The molecular formula is C81H158O17P2. The van der Waals surface area contributed by atoms with Crippen molar-refractivity contribution in [2.75, 3.05) is 39.6 Å². The third-order valence-electron chi connectivity index (χ3n) is 19.2. The topological polar surface area (TPSA) is 237 Å². The highest BCUT2D eigenvalue weighted by molar-refractivity contribution is 7.47. The van der Waals surface area contributed by atoms with E-state index in [4.69, 9.17) is 37.0 Å². The first-order chi connectivity index (χ1) is 48.1. The molecule has 0 aliphatic carbocycles. The van der Waals surface area contributed by atoms with Crippen LogP contribution >= 0.6 is 15.6 Å². The van der Waals surface area contributed by atoms with Crippen molar-refractivity contribution in [1.82, 2.24) is 0 Å². The monoisotopic (exact) mass is 1470 g/mol. The number of aliphatic hydroxyl groups excluding tert-OH is 1. The average molecular weight is 1470 g/mol. The zero-order chi connectivity index (χ0) is 73.8. The van der Waals surface area contributed by atoms with Crippen molar-refractivity contribution in [3.8, 4) is 0 Å². The molecule has 6 atom stereocenters. The number of rotatable bonds is 78. The Labute approximate surface area is 613 Å². The molecule has 0 amide bonds. The Morgan fingerprint density at radius 2 is 0.480 bits per heavy atom. The fraction of sp³-hybridized carbons (Fsp3) is 0.951. The van der Waals surface area contributed by atoms with Gasteiger partial charge in [0.1, 0.15) is 19.3 Å². The minimum atomic E-state index is -4.96. The van der Waals surface area contributed by atoms with Gasteiger partial charge in [-0.1, -0.05) is 364 Å². The summed E-state index contributed by atoms with van der Waals surface area (Å²) in [6, 6.07) is 0. The second-order valence-corrected chi connectivity index (χ2v) is 33.7. The first kappa shape index (κ1) is 98.1. The number of carbonyl (C=O) groups excluding carboxylic acids is 4. The van der Waals surface area contributed by atoms with Crippen LogP contribution in [-0.4, -0.2) is 96.7 Å². The molecule has 0 aliphatic rings. The maximum absolute atomic E-state index is 13.1. The molecule has 19 heteroatoms. The number of unbranched alkanes of at least 4 members (excludes halogenated alkanes) is 43. The molecule has 0 fully saturated rings. The van der Waals surface area contributed by atoms with Crippen molar-refractivity contribution >= 4 is 39.5 Å². The van der Waals surface area contributed by atoms with Gasteiger partial charge in [0.15, 0.2) is 12.2 Å². The second-order valence-electron chi connectivity index (χ2n) is 30.8. The van der Waals surface area contributed by atoms with Gasteiger partial charge < -0.3 is 33.8 Å². The summed E-state index contributed by atoms with van der Waals surface area (Å²) >= 11 is 0. The Balaban J connectivity index is 5.24. The minimum Gasteiger partial charge on any atom is -0.462 e. The lowest BCUT2D eigenvalue weighted by atomic mass is 9.99. The summed E-state index contributed by atoms with van der Waals surface area (Å²) in [7, 11) is -9.92. The minimum absolute atomic E-state index is 0.107. The maximum atomic E-state index is 13.1. The van der Waals surface area contributed by atoms with E-state index in [0.29, 0.717) is 31.6 Å². The van der Waals surface area contributed by atoms with Gasteiger partial charge in [0, 0.05) is 25.7 Å². The van der Waals surface area contributed by atoms with Crippen LogP contribution in [0.3, 0.4) is 0 Å². The van der Waals surface area contributed by atoms with Crippen molar-refractivity contribution in [2.24, 2.45) is 23.7 Å². The van der Waals surface area contributed by atoms with E-state index in [1.54, 1.807) is 0 Å². The van der Waals surface area contributed by atoms with Gasteiger partial charge in [-0.05, 0) is 49.4 Å². The number of hydrogen-bond acceptors (Lipinski definition) is 15. The molecule has 0 aliphatic heterocycles. The number of hydrogen-bond donors (Lipinski definition) is 3. The van der Waals surface area contributed by atoms with Crippen LogP contribution < -0.4 is 0 Å². The number of aliphatic hydroxyl groups is 1. The molecule has 0 aromatic rings. The standard InChI is InChI=1S/C81H158O17P2/c1-9-74(8)60-52-44-36-28-22-15-11-13-17-24-30-38-47-55-63-80(85)98-77(68-92-79(84)62-54-46-40-32-35-43-51-59-73(6)7)70-96-100(89,90)94-66-75(82)65-93-99(87,88)95-69-76(97-81(86)64-56-48-39-31-25-19-18-21-27-34-42-50-58-72(4)5)67-91-78(83)61-53-45-37-29-23-16-12-10-14-20-26-33-41-49-57-71(2)3/h71-77,82H,9-70H2,1-8H3,(H,87,88)(H,89,90)/t74?,75?,76-,77-/m1/s1. The molecule has 0 spiro atoms. The van der Waals surface area contributed by atoms with Gasteiger partial charge in [-0.3, -0.25) is 37.3 Å². The summed E-state index contributed by atoms with van der Waals surface area (Å²) in [6.07, 6.45) is 56.9. The fourth-order valence-corrected chi connectivity index (χ4v) is 14.0. The molecule has 0 bridgehead atoms. The molecule has 0 aromatic carbocycles. The molecule has 0 rings (SSSR count). The van der Waals surface area contributed by atoms with Crippen LogP contribution in [-0.2, 0) is 65.4 Å². The van der Waals surface area contributed by atoms with E-state index in [2.05, 4.69) is 55.4 Å². The fourth-order valence-electron chi connectivity index (χ4n) is 12.4. The summed E-state index contributed by atoms with van der Waals surface area (Å²) < 4.78 is 68.7.